The topological polar surface area (TPSA) is 89.7 Å². The van der Waals surface area contributed by atoms with Crippen molar-refractivity contribution in [3.05, 3.63) is 112 Å². The fraction of sp³-hybridized carbons (Fsp3) is 0.281. The summed E-state index contributed by atoms with van der Waals surface area (Å²) < 4.78 is 14.7. The van der Waals surface area contributed by atoms with Gasteiger partial charge in [-0.2, -0.15) is 0 Å². The third-order valence-corrected chi connectivity index (χ3v) is 7.97. The third kappa shape index (κ3) is 6.29. The molecule has 0 aliphatic carbocycles. The number of carboxylic acid groups (broad SMARTS) is 1. The molecule has 1 atom stereocenters. The van der Waals surface area contributed by atoms with Crippen molar-refractivity contribution >= 4 is 23.6 Å². The van der Waals surface area contributed by atoms with E-state index in [0.29, 0.717) is 30.6 Å². The summed E-state index contributed by atoms with van der Waals surface area (Å²) >= 11 is 6.05. The molecule has 2 aromatic carbocycles. The van der Waals surface area contributed by atoms with Gasteiger partial charge in [-0.05, 0) is 73.3 Å². The van der Waals surface area contributed by atoms with E-state index in [2.05, 4.69) is 31.6 Å². The highest BCUT2D eigenvalue weighted by atomic mass is 35.5. The molecule has 4 aromatic rings. The van der Waals surface area contributed by atoms with E-state index >= 15 is 0 Å². The lowest BCUT2D eigenvalue weighted by Gasteiger charge is -2.34. The van der Waals surface area contributed by atoms with Crippen molar-refractivity contribution in [1.82, 2.24) is 19.4 Å². The van der Waals surface area contributed by atoms with E-state index in [-0.39, 0.29) is 6.10 Å². The number of aromatic nitrogens is 3. The Kier molecular flexibility index (Phi) is 8.02. The number of hydrogen-bond donors (Lipinski definition) is 1. The maximum Gasteiger partial charge on any atom is 0.328 e. The monoisotopic (exact) mass is 570 g/mol. The van der Waals surface area contributed by atoms with Crippen molar-refractivity contribution in [2.24, 2.45) is 0 Å². The number of benzene rings is 2. The zero-order chi connectivity index (χ0) is 28.2. The number of pyridine rings is 1. The van der Waals surface area contributed by atoms with Gasteiger partial charge in [0.1, 0.15) is 12.4 Å². The van der Waals surface area contributed by atoms with Crippen LogP contribution in [0.4, 0.5) is 0 Å². The third-order valence-electron chi connectivity index (χ3n) is 7.72. The lowest BCUT2D eigenvalue weighted by atomic mass is 9.88. The quantitative estimate of drug-likeness (QED) is 0.261. The van der Waals surface area contributed by atoms with Crippen LogP contribution in [0.3, 0.4) is 0 Å². The minimum absolute atomic E-state index is 0.164. The van der Waals surface area contributed by atoms with Crippen LogP contribution >= 0.6 is 11.6 Å². The van der Waals surface area contributed by atoms with Crippen molar-refractivity contribution in [2.45, 2.75) is 38.0 Å². The van der Waals surface area contributed by atoms with Gasteiger partial charge in [-0.25, -0.2) is 9.78 Å². The summed E-state index contributed by atoms with van der Waals surface area (Å²) in [6.45, 7) is 3.56. The Morgan fingerprint density at radius 3 is 2.63 bits per heavy atom. The number of likely N-dealkylation sites (tertiary alicyclic amines) is 1. The molecule has 0 bridgehead atoms. The number of carbonyl (C=O) groups is 1. The van der Waals surface area contributed by atoms with Crippen molar-refractivity contribution in [3.8, 4) is 11.5 Å². The Balaban J connectivity index is 1.13. The second-order valence-electron chi connectivity index (χ2n) is 10.4. The van der Waals surface area contributed by atoms with Crippen LogP contribution in [0.5, 0.6) is 11.5 Å². The first kappa shape index (κ1) is 27.1. The van der Waals surface area contributed by atoms with Crippen molar-refractivity contribution in [3.63, 3.8) is 0 Å². The largest absolute Gasteiger partial charge is 0.485 e. The lowest BCUT2D eigenvalue weighted by molar-refractivity contribution is -0.131. The number of para-hydroxylation sites is 1. The van der Waals surface area contributed by atoms with E-state index in [1.807, 2.05) is 48.7 Å². The summed E-state index contributed by atoms with van der Waals surface area (Å²) in [5, 5.41) is 9.84. The first-order chi connectivity index (χ1) is 20.0. The van der Waals surface area contributed by atoms with Crippen LogP contribution in [-0.4, -0.2) is 50.2 Å². The van der Waals surface area contributed by atoms with Crippen LogP contribution < -0.4 is 9.47 Å². The highest BCUT2D eigenvalue weighted by Crippen LogP contribution is 2.44. The van der Waals surface area contributed by atoms with E-state index in [1.165, 1.54) is 5.56 Å². The number of aliphatic carboxylic acids is 1. The lowest BCUT2D eigenvalue weighted by Crippen LogP contribution is -2.34. The van der Waals surface area contributed by atoms with Gasteiger partial charge in [0.15, 0.2) is 17.6 Å². The minimum atomic E-state index is -0.985. The molecule has 41 heavy (non-hydrogen) atoms. The van der Waals surface area contributed by atoms with Crippen LogP contribution in [0, 0.1) is 0 Å². The average molecular weight is 571 g/mol. The highest BCUT2D eigenvalue weighted by molar-refractivity contribution is 6.30. The zero-order valence-electron chi connectivity index (χ0n) is 22.5. The molecule has 1 fully saturated rings. The van der Waals surface area contributed by atoms with Gasteiger partial charge in [-0.15, -0.1) is 0 Å². The van der Waals surface area contributed by atoms with Gasteiger partial charge in [0, 0.05) is 29.1 Å². The maximum absolute atomic E-state index is 11.1. The Hall–Kier alpha value is -4.14. The number of hydrogen-bond acceptors (Lipinski definition) is 6. The predicted molar refractivity (Wildman–Crippen MR) is 156 cm³/mol. The van der Waals surface area contributed by atoms with Gasteiger partial charge in [0.2, 0.25) is 0 Å². The molecule has 4 heterocycles. The molecule has 8 nitrogen and oxygen atoms in total. The van der Waals surface area contributed by atoms with E-state index in [0.717, 1.165) is 66.2 Å². The molecule has 0 saturated carbocycles. The number of fused-ring (bicyclic) bond motifs is 1. The molecule has 9 heteroatoms. The second kappa shape index (κ2) is 12.2. The smallest absolute Gasteiger partial charge is 0.328 e. The summed E-state index contributed by atoms with van der Waals surface area (Å²) in [7, 11) is 0. The van der Waals surface area contributed by atoms with Crippen molar-refractivity contribution in [1.29, 1.82) is 0 Å². The highest BCUT2D eigenvalue weighted by Gasteiger charge is 2.29. The Labute approximate surface area is 243 Å². The van der Waals surface area contributed by atoms with E-state index in [9.17, 15) is 4.79 Å². The first-order valence-corrected chi connectivity index (χ1v) is 14.2. The summed E-state index contributed by atoms with van der Waals surface area (Å²) in [4.78, 5) is 22.4. The molecular formula is C32H31ClN4O4. The van der Waals surface area contributed by atoms with Gasteiger partial charge < -0.3 is 19.1 Å². The maximum atomic E-state index is 11.1. The summed E-state index contributed by atoms with van der Waals surface area (Å²) in [6, 6.07) is 17.8. The van der Waals surface area contributed by atoms with Gasteiger partial charge in [-0.3, -0.25) is 9.88 Å². The molecule has 0 spiro atoms. The fourth-order valence-electron chi connectivity index (χ4n) is 5.59. The van der Waals surface area contributed by atoms with Crippen LogP contribution in [0.2, 0.25) is 5.02 Å². The van der Waals surface area contributed by atoms with Crippen LogP contribution in [0.15, 0.2) is 79.3 Å². The van der Waals surface area contributed by atoms with Gasteiger partial charge in [-0.1, -0.05) is 41.9 Å². The minimum Gasteiger partial charge on any atom is -0.485 e. The van der Waals surface area contributed by atoms with Gasteiger partial charge >= 0.3 is 5.97 Å². The molecule has 0 amide bonds. The summed E-state index contributed by atoms with van der Waals surface area (Å²) in [5.74, 6) is 1.94. The van der Waals surface area contributed by atoms with Crippen LogP contribution in [0.25, 0.3) is 6.08 Å². The summed E-state index contributed by atoms with van der Waals surface area (Å²) in [6.07, 6.45) is 9.88. The zero-order valence-corrected chi connectivity index (χ0v) is 23.3. The van der Waals surface area contributed by atoms with Crippen molar-refractivity contribution < 1.29 is 19.4 Å². The standard InChI is InChI=1S/C32H31ClN4O4/c33-25-8-6-24(7-9-25)29-21-40-32-27(4-1-5-28(32)41-29)23-12-15-36(16-13-23)20-30-35-18-26(10-11-31(38)39)37(30)19-22-3-2-14-34-17-22/h1-11,14,17-18,23,29H,12-13,15-16,19-21H2,(H,38,39)/b11-10+. The number of nitrogens with zero attached hydrogens (tertiary/aromatic N) is 4. The van der Waals surface area contributed by atoms with Gasteiger partial charge in [0.05, 0.1) is 25.0 Å². The Morgan fingerprint density at radius 1 is 1.05 bits per heavy atom. The van der Waals surface area contributed by atoms with Crippen molar-refractivity contribution in [2.75, 3.05) is 19.7 Å². The number of piperidine rings is 1. The normalized spacial score (nSPS) is 17.6. The Morgan fingerprint density at radius 2 is 1.88 bits per heavy atom. The van der Waals surface area contributed by atoms with E-state index in [4.69, 9.17) is 26.2 Å². The first-order valence-electron chi connectivity index (χ1n) is 13.8. The fourth-order valence-corrected chi connectivity index (χ4v) is 5.72. The SMILES string of the molecule is O=C(O)/C=C/c1cnc(CN2CCC(c3cccc4c3OCC(c3ccc(Cl)cc3)O4)CC2)n1Cc1cccnc1. The molecule has 0 radical (unpaired) electrons. The average Bonchev–Trinajstić information content (AvgIpc) is 3.37. The number of imidazole rings is 1. The molecule has 1 saturated heterocycles. The van der Waals surface area contributed by atoms with Crippen LogP contribution in [0.1, 0.15) is 53.1 Å². The molecule has 6 rings (SSSR count). The molecular weight excluding hydrogens is 540 g/mol. The molecule has 2 aliphatic heterocycles. The molecule has 210 valence electrons. The number of rotatable bonds is 8. The molecule has 1 N–H and O–H groups in total. The molecule has 2 aliphatic rings. The second-order valence-corrected chi connectivity index (χ2v) is 10.8. The predicted octanol–water partition coefficient (Wildman–Crippen LogP) is 5.97. The number of carboxylic acids is 1. The van der Waals surface area contributed by atoms with Crippen LogP contribution in [-0.2, 0) is 17.9 Å². The summed E-state index contributed by atoms with van der Waals surface area (Å²) in [5.41, 5.74) is 4.04. The van der Waals surface area contributed by atoms with E-state index < -0.39 is 5.97 Å². The number of halogens is 1. The van der Waals surface area contributed by atoms with Gasteiger partial charge in [0.25, 0.3) is 0 Å². The number of ether oxygens (including phenoxy) is 2. The van der Waals surface area contributed by atoms with E-state index in [1.54, 1.807) is 18.5 Å². The molecule has 2 aromatic heterocycles. The molecule has 1 unspecified atom stereocenters. The Bertz CT molecular complexity index is 1530.